The molecule has 2 amide bonds. The number of benzene rings is 1. The normalized spacial score (nSPS) is 15.3. The number of carbonyl (C=O) groups excluding carboxylic acids is 2. The van der Waals surface area contributed by atoms with Crippen molar-refractivity contribution < 1.29 is 14.0 Å². The van der Waals surface area contributed by atoms with Crippen molar-refractivity contribution in [3.63, 3.8) is 0 Å². The first kappa shape index (κ1) is 16.8. The Morgan fingerprint density at radius 3 is 2.73 bits per heavy atom. The molecule has 2 aromatic heterocycles. The lowest BCUT2D eigenvalue weighted by atomic mass is 9.97. The van der Waals surface area contributed by atoms with E-state index >= 15 is 0 Å². The van der Waals surface area contributed by atoms with Gasteiger partial charge < -0.3 is 14.6 Å². The van der Waals surface area contributed by atoms with Crippen LogP contribution in [0.4, 0.5) is 0 Å². The number of oxazole rings is 1. The van der Waals surface area contributed by atoms with Crippen LogP contribution in [0.2, 0.25) is 0 Å². The van der Waals surface area contributed by atoms with E-state index in [1.54, 1.807) is 11.0 Å². The van der Waals surface area contributed by atoms with E-state index in [9.17, 15) is 9.59 Å². The van der Waals surface area contributed by atoms with Gasteiger partial charge in [-0.1, -0.05) is 18.2 Å². The molecular formula is C19H19N3O3S. The van der Waals surface area contributed by atoms with E-state index in [1.165, 1.54) is 11.3 Å². The number of nitrogens with one attached hydrogen (secondary N) is 1. The molecule has 0 aliphatic carbocycles. The van der Waals surface area contributed by atoms with E-state index in [0.29, 0.717) is 18.0 Å². The highest BCUT2D eigenvalue weighted by Gasteiger charge is 2.27. The SMILES string of the molecule is O=C(NCC(=O)N1CCC(c2nc3ccccc3o2)CC1)c1cccs1. The van der Waals surface area contributed by atoms with Crippen molar-refractivity contribution in [2.24, 2.45) is 0 Å². The van der Waals surface area contributed by atoms with Gasteiger partial charge in [-0.05, 0) is 36.4 Å². The summed E-state index contributed by atoms with van der Waals surface area (Å²) < 4.78 is 5.85. The Morgan fingerprint density at radius 2 is 2.00 bits per heavy atom. The van der Waals surface area contributed by atoms with Gasteiger partial charge in [0.05, 0.1) is 11.4 Å². The molecule has 0 spiro atoms. The van der Waals surface area contributed by atoms with E-state index in [-0.39, 0.29) is 24.3 Å². The predicted octanol–water partition coefficient (Wildman–Crippen LogP) is 3.03. The van der Waals surface area contributed by atoms with Crippen molar-refractivity contribution >= 4 is 34.3 Å². The molecule has 1 aliphatic rings. The van der Waals surface area contributed by atoms with Gasteiger partial charge in [0.25, 0.3) is 5.91 Å². The Balaban J connectivity index is 1.30. The summed E-state index contributed by atoms with van der Waals surface area (Å²) in [5.74, 6) is 0.733. The third-order valence-corrected chi connectivity index (χ3v) is 5.52. The van der Waals surface area contributed by atoms with Crippen LogP contribution < -0.4 is 5.32 Å². The first-order valence-electron chi connectivity index (χ1n) is 8.65. The van der Waals surface area contributed by atoms with Crippen LogP contribution in [-0.2, 0) is 4.79 Å². The van der Waals surface area contributed by atoms with Crippen molar-refractivity contribution in [3.8, 4) is 0 Å². The summed E-state index contributed by atoms with van der Waals surface area (Å²) in [5.41, 5.74) is 1.68. The molecule has 0 atom stereocenters. The molecule has 0 saturated carbocycles. The molecule has 134 valence electrons. The quantitative estimate of drug-likeness (QED) is 0.767. The lowest BCUT2D eigenvalue weighted by Gasteiger charge is -2.30. The van der Waals surface area contributed by atoms with Crippen LogP contribution in [0.15, 0.2) is 46.2 Å². The maximum Gasteiger partial charge on any atom is 0.261 e. The van der Waals surface area contributed by atoms with Gasteiger partial charge in [0, 0.05) is 19.0 Å². The van der Waals surface area contributed by atoms with Crippen LogP contribution in [0.5, 0.6) is 0 Å². The predicted molar refractivity (Wildman–Crippen MR) is 99.2 cm³/mol. The van der Waals surface area contributed by atoms with Gasteiger partial charge in [0.15, 0.2) is 11.5 Å². The Labute approximate surface area is 154 Å². The molecule has 4 rings (SSSR count). The zero-order chi connectivity index (χ0) is 17.9. The molecule has 1 aliphatic heterocycles. The number of hydrogen-bond acceptors (Lipinski definition) is 5. The van der Waals surface area contributed by atoms with Gasteiger partial charge in [-0.3, -0.25) is 9.59 Å². The number of aromatic nitrogens is 1. The first-order valence-corrected chi connectivity index (χ1v) is 9.53. The third-order valence-electron chi connectivity index (χ3n) is 4.65. The average Bonchev–Trinajstić information content (AvgIpc) is 3.35. The van der Waals surface area contributed by atoms with Gasteiger partial charge in [0.2, 0.25) is 5.91 Å². The summed E-state index contributed by atoms with van der Waals surface area (Å²) in [6.07, 6.45) is 1.63. The second-order valence-corrected chi connectivity index (χ2v) is 7.28. The van der Waals surface area contributed by atoms with E-state index < -0.39 is 0 Å². The Hall–Kier alpha value is -2.67. The maximum absolute atomic E-state index is 12.3. The number of rotatable bonds is 4. The Bertz CT molecular complexity index is 878. The molecule has 0 unspecified atom stereocenters. The van der Waals surface area contributed by atoms with E-state index in [0.717, 1.165) is 29.8 Å². The lowest BCUT2D eigenvalue weighted by molar-refractivity contribution is -0.131. The average molecular weight is 369 g/mol. The van der Waals surface area contributed by atoms with E-state index in [4.69, 9.17) is 4.42 Å². The summed E-state index contributed by atoms with van der Waals surface area (Å²) in [6.45, 7) is 1.33. The molecule has 0 radical (unpaired) electrons. The number of piperidine rings is 1. The number of thiophene rings is 1. The standard InChI is InChI=1S/C19H19N3O3S/c23-17(12-20-18(24)16-6-3-11-26-16)22-9-7-13(8-10-22)19-21-14-4-1-2-5-15(14)25-19/h1-6,11,13H,7-10,12H2,(H,20,24). The number of fused-ring (bicyclic) bond motifs is 1. The molecule has 1 aromatic carbocycles. The van der Waals surface area contributed by atoms with Gasteiger partial charge in [-0.2, -0.15) is 0 Å². The number of hydrogen-bond donors (Lipinski definition) is 1. The molecule has 7 heteroatoms. The highest BCUT2D eigenvalue weighted by molar-refractivity contribution is 7.12. The zero-order valence-corrected chi connectivity index (χ0v) is 15.0. The smallest absolute Gasteiger partial charge is 0.261 e. The second kappa shape index (κ2) is 7.29. The minimum Gasteiger partial charge on any atom is -0.440 e. The Morgan fingerprint density at radius 1 is 1.19 bits per heavy atom. The van der Waals surface area contributed by atoms with Crippen LogP contribution in [0.3, 0.4) is 0 Å². The van der Waals surface area contributed by atoms with E-state index in [1.807, 2.05) is 35.7 Å². The molecule has 1 N–H and O–H groups in total. The van der Waals surface area contributed by atoms with Crippen molar-refractivity contribution in [2.75, 3.05) is 19.6 Å². The van der Waals surface area contributed by atoms with E-state index in [2.05, 4.69) is 10.3 Å². The highest BCUT2D eigenvalue weighted by Crippen LogP contribution is 2.29. The fourth-order valence-electron chi connectivity index (χ4n) is 3.20. The highest BCUT2D eigenvalue weighted by atomic mass is 32.1. The largest absolute Gasteiger partial charge is 0.440 e. The molecule has 3 heterocycles. The number of amides is 2. The van der Waals surface area contributed by atoms with Crippen LogP contribution in [0.25, 0.3) is 11.1 Å². The molecule has 1 saturated heterocycles. The Kier molecular flexibility index (Phi) is 4.71. The van der Waals surface area contributed by atoms with Crippen molar-refractivity contribution in [3.05, 3.63) is 52.5 Å². The van der Waals surface area contributed by atoms with Crippen LogP contribution in [0, 0.1) is 0 Å². The first-order chi connectivity index (χ1) is 12.7. The number of likely N-dealkylation sites (tertiary alicyclic amines) is 1. The summed E-state index contributed by atoms with van der Waals surface area (Å²) >= 11 is 1.36. The number of nitrogens with zero attached hydrogens (tertiary/aromatic N) is 2. The van der Waals surface area contributed by atoms with Crippen molar-refractivity contribution in [1.29, 1.82) is 0 Å². The summed E-state index contributed by atoms with van der Waals surface area (Å²) in [7, 11) is 0. The summed E-state index contributed by atoms with van der Waals surface area (Å²) in [5, 5.41) is 4.53. The minimum absolute atomic E-state index is 0.0320. The van der Waals surface area contributed by atoms with Crippen molar-refractivity contribution in [2.45, 2.75) is 18.8 Å². The van der Waals surface area contributed by atoms with Gasteiger partial charge >= 0.3 is 0 Å². The monoisotopic (exact) mass is 369 g/mol. The van der Waals surface area contributed by atoms with Gasteiger partial charge in [-0.25, -0.2) is 4.98 Å². The number of para-hydroxylation sites is 2. The maximum atomic E-state index is 12.3. The van der Waals surface area contributed by atoms with Crippen LogP contribution >= 0.6 is 11.3 Å². The fourth-order valence-corrected chi connectivity index (χ4v) is 3.84. The minimum atomic E-state index is -0.199. The van der Waals surface area contributed by atoms with Crippen LogP contribution in [0.1, 0.15) is 34.3 Å². The molecular weight excluding hydrogens is 350 g/mol. The topological polar surface area (TPSA) is 75.4 Å². The zero-order valence-electron chi connectivity index (χ0n) is 14.2. The van der Waals surface area contributed by atoms with Crippen molar-refractivity contribution in [1.82, 2.24) is 15.2 Å². The van der Waals surface area contributed by atoms with Crippen LogP contribution in [-0.4, -0.2) is 41.3 Å². The second-order valence-electron chi connectivity index (χ2n) is 6.33. The molecule has 0 bridgehead atoms. The van der Waals surface area contributed by atoms with Gasteiger partial charge in [0.1, 0.15) is 5.52 Å². The molecule has 3 aromatic rings. The lowest BCUT2D eigenvalue weighted by Crippen LogP contribution is -2.43. The molecule has 26 heavy (non-hydrogen) atoms. The third kappa shape index (κ3) is 3.48. The number of carbonyl (C=O) groups is 2. The molecule has 1 fully saturated rings. The molecule has 6 nitrogen and oxygen atoms in total. The van der Waals surface area contributed by atoms with Gasteiger partial charge in [-0.15, -0.1) is 11.3 Å². The summed E-state index contributed by atoms with van der Waals surface area (Å²) in [6, 6.07) is 11.3. The fraction of sp³-hybridized carbons (Fsp3) is 0.316. The summed E-state index contributed by atoms with van der Waals surface area (Å²) in [4.78, 5) is 31.2.